The van der Waals surface area contributed by atoms with E-state index in [1.165, 1.54) is 0 Å². The second kappa shape index (κ2) is 3.33. The van der Waals surface area contributed by atoms with Crippen LogP contribution in [0.5, 0.6) is 0 Å². The van der Waals surface area contributed by atoms with Gasteiger partial charge in [-0.1, -0.05) is 41.4 Å². The fourth-order valence-corrected chi connectivity index (χ4v) is 0.522. The molecule has 0 spiro atoms. The summed E-state index contributed by atoms with van der Waals surface area (Å²) in [4.78, 5) is 0. The molecule has 0 amide bonds. The Morgan fingerprint density at radius 3 is 1.62 bits per heavy atom. The summed E-state index contributed by atoms with van der Waals surface area (Å²) in [7, 11) is 0. The number of allylic oxidation sites excluding steroid dienone is 2. The highest BCUT2D eigenvalue weighted by Crippen LogP contribution is 2.23. The van der Waals surface area contributed by atoms with Gasteiger partial charge in [-0.25, -0.2) is 4.39 Å². The van der Waals surface area contributed by atoms with Crippen LogP contribution in [0.4, 0.5) is 4.39 Å². The van der Waals surface area contributed by atoms with Crippen molar-refractivity contribution < 1.29 is 4.39 Å². The molecule has 0 bridgehead atoms. The molecule has 46 valence electrons. The molecule has 0 fully saturated rings. The maximum absolute atomic E-state index is 12.0. The zero-order valence-electron chi connectivity index (χ0n) is 3.72. The van der Waals surface area contributed by atoms with E-state index in [1.807, 2.05) is 0 Å². The largest absolute Gasteiger partial charge is 0.203 e. The smallest absolute Gasteiger partial charge is 0.171 e. The molecule has 4 heteroatoms. The molecule has 0 aliphatic carbocycles. The molecule has 0 saturated carbocycles. The van der Waals surface area contributed by atoms with Gasteiger partial charge in [-0.3, -0.25) is 0 Å². The van der Waals surface area contributed by atoms with E-state index in [4.69, 9.17) is 34.8 Å². The highest BCUT2D eigenvalue weighted by molar-refractivity contribution is 6.56. The van der Waals surface area contributed by atoms with Crippen LogP contribution in [0.15, 0.2) is 21.9 Å². The van der Waals surface area contributed by atoms with Crippen LogP contribution in [0.2, 0.25) is 0 Å². The highest BCUT2D eigenvalue weighted by Gasteiger charge is 2.01. The van der Waals surface area contributed by atoms with Crippen LogP contribution >= 0.6 is 34.8 Å². The van der Waals surface area contributed by atoms with Gasteiger partial charge in [0, 0.05) is 0 Å². The minimum Gasteiger partial charge on any atom is -0.203 e. The first-order chi connectivity index (χ1) is 3.55. The molecular formula is C4H2Cl3F. The maximum atomic E-state index is 12.0. The van der Waals surface area contributed by atoms with Crippen molar-refractivity contribution in [1.82, 2.24) is 0 Å². The fraction of sp³-hybridized carbons (Fsp3) is 0. The van der Waals surface area contributed by atoms with Gasteiger partial charge >= 0.3 is 0 Å². The Labute approximate surface area is 61.5 Å². The highest BCUT2D eigenvalue weighted by atomic mass is 35.5. The summed E-state index contributed by atoms with van der Waals surface area (Å²) in [6.07, 6.45) is 0. The van der Waals surface area contributed by atoms with Gasteiger partial charge in [0.05, 0.1) is 5.03 Å². The summed E-state index contributed by atoms with van der Waals surface area (Å²) in [5.74, 6) is -0.880. The number of hydrogen-bond donors (Lipinski definition) is 0. The number of hydrogen-bond acceptors (Lipinski definition) is 0. The van der Waals surface area contributed by atoms with Crippen molar-refractivity contribution >= 4 is 34.8 Å². The molecule has 8 heavy (non-hydrogen) atoms. The lowest BCUT2D eigenvalue weighted by Gasteiger charge is -1.87. The Bertz CT molecular complexity index is 134. The van der Waals surface area contributed by atoms with Gasteiger partial charge in [-0.05, 0) is 0 Å². The molecule has 0 saturated heterocycles. The standard InChI is InChI=1S/C4H2Cl3F/c1-2(5)3(8)4(6)7/h1H2. The summed E-state index contributed by atoms with van der Waals surface area (Å²) in [5.41, 5.74) is 0. The van der Waals surface area contributed by atoms with Crippen molar-refractivity contribution in [2.24, 2.45) is 0 Å². The fourth-order valence-electron chi connectivity index (χ4n) is 0.103. The maximum Gasteiger partial charge on any atom is 0.171 e. The predicted molar refractivity (Wildman–Crippen MR) is 34.8 cm³/mol. The van der Waals surface area contributed by atoms with Crippen molar-refractivity contribution in [3.63, 3.8) is 0 Å². The topological polar surface area (TPSA) is 0 Å². The molecule has 0 rings (SSSR count). The summed E-state index contributed by atoms with van der Waals surface area (Å²) >= 11 is 14.9. The van der Waals surface area contributed by atoms with Crippen LogP contribution in [-0.4, -0.2) is 0 Å². The van der Waals surface area contributed by atoms with E-state index in [-0.39, 0.29) is 5.03 Å². The van der Waals surface area contributed by atoms with Crippen molar-refractivity contribution in [2.45, 2.75) is 0 Å². The second-order valence-electron chi connectivity index (χ2n) is 0.979. The van der Waals surface area contributed by atoms with Crippen molar-refractivity contribution in [1.29, 1.82) is 0 Å². The summed E-state index contributed by atoms with van der Waals surface area (Å²) in [6.45, 7) is 3.04. The Morgan fingerprint density at radius 1 is 1.25 bits per heavy atom. The monoisotopic (exact) mass is 174 g/mol. The lowest BCUT2D eigenvalue weighted by atomic mass is 10.6. The molecule has 0 radical (unpaired) electrons. The Balaban J connectivity index is 4.23. The van der Waals surface area contributed by atoms with E-state index in [0.717, 1.165) is 0 Å². The molecule has 0 N–H and O–H groups in total. The van der Waals surface area contributed by atoms with Crippen molar-refractivity contribution in [2.75, 3.05) is 0 Å². The van der Waals surface area contributed by atoms with E-state index in [1.54, 1.807) is 0 Å². The number of halogens is 4. The molecule has 0 unspecified atom stereocenters. The predicted octanol–water partition coefficient (Wildman–Crippen LogP) is 3.36. The zero-order chi connectivity index (χ0) is 6.73. The van der Waals surface area contributed by atoms with Crippen LogP contribution in [-0.2, 0) is 0 Å². The van der Waals surface area contributed by atoms with Crippen molar-refractivity contribution in [3.8, 4) is 0 Å². The second-order valence-corrected chi connectivity index (χ2v) is 2.38. The van der Waals surface area contributed by atoms with Crippen LogP contribution in [0.1, 0.15) is 0 Å². The van der Waals surface area contributed by atoms with Crippen LogP contribution < -0.4 is 0 Å². The van der Waals surface area contributed by atoms with Gasteiger partial charge in [0.25, 0.3) is 0 Å². The minimum atomic E-state index is -0.880. The normalized spacial score (nSPS) is 8.50. The minimum absolute atomic E-state index is 0.287. The van der Waals surface area contributed by atoms with E-state index in [9.17, 15) is 4.39 Å². The molecule has 0 nitrogen and oxygen atoms in total. The van der Waals surface area contributed by atoms with Crippen LogP contribution in [0.3, 0.4) is 0 Å². The van der Waals surface area contributed by atoms with Crippen LogP contribution in [0.25, 0.3) is 0 Å². The van der Waals surface area contributed by atoms with Crippen LogP contribution in [0, 0.1) is 0 Å². The third-order valence-electron chi connectivity index (χ3n) is 0.404. The van der Waals surface area contributed by atoms with E-state index < -0.39 is 10.3 Å². The molecule has 0 aliphatic rings. The Kier molecular flexibility index (Phi) is 3.45. The third-order valence-corrected chi connectivity index (χ3v) is 0.902. The Morgan fingerprint density at radius 2 is 1.62 bits per heavy atom. The lowest BCUT2D eigenvalue weighted by Crippen LogP contribution is -1.69. The average molecular weight is 175 g/mol. The molecule has 0 aromatic rings. The average Bonchev–Trinajstić information content (AvgIpc) is 1.64. The molecule has 0 aliphatic heterocycles. The molecule has 0 aromatic heterocycles. The van der Waals surface area contributed by atoms with Gasteiger partial charge in [0.15, 0.2) is 5.83 Å². The first-order valence-electron chi connectivity index (χ1n) is 1.61. The van der Waals surface area contributed by atoms with Gasteiger partial charge < -0.3 is 0 Å². The van der Waals surface area contributed by atoms with E-state index in [0.29, 0.717) is 0 Å². The lowest BCUT2D eigenvalue weighted by molar-refractivity contribution is 0.663. The zero-order valence-corrected chi connectivity index (χ0v) is 5.99. The van der Waals surface area contributed by atoms with E-state index >= 15 is 0 Å². The van der Waals surface area contributed by atoms with Gasteiger partial charge in [-0.2, -0.15) is 0 Å². The van der Waals surface area contributed by atoms with Gasteiger partial charge in [-0.15, -0.1) is 0 Å². The van der Waals surface area contributed by atoms with Gasteiger partial charge in [0.1, 0.15) is 4.49 Å². The number of rotatable bonds is 1. The molecule has 0 heterocycles. The first kappa shape index (κ1) is 8.28. The van der Waals surface area contributed by atoms with Crippen molar-refractivity contribution in [3.05, 3.63) is 21.9 Å². The Hall–Kier alpha value is 0.280. The van der Waals surface area contributed by atoms with Gasteiger partial charge in [0.2, 0.25) is 0 Å². The molecule has 0 aromatic carbocycles. The third kappa shape index (κ3) is 2.55. The summed E-state index contributed by atoms with van der Waals surface area (Å²) in [6, 6.07) is 0. The summed E-state index contributed by atoms with van der Waals surface area (Å²) in [5, 5.41) is -0.287. The SMILES string of the molecule is C=C(Cl)C(F)=C(Cl)Cl. The summed E-state index contributed by atoms with van der Waals surface area (Å²) < 4.78 is 11.5. The first-order valence-corrected chi connectivity index (χ1v) is 2.74. The van der Waals surface area contributed by atoms with E-state index in [2.05, 4.69) is 6.58 Å². The quantitative estimate of drug-likeness (QED) is 0.536. The molecule has 0 atom stereocenters. The molecular weight excluding hydrogens is 173 g/mol.